The van der Waals surface area contributed by atoms with Crippen molar-refractivity contribution in [2.45, 2.75) is 6.54 Å². The fraction of sp³-hybridized carbons (Fsp3) is 0.143. The fourth-order valence-corrected chi connectivity index (χ4v) is 2.31. The lowest BCUT2D eigenvalue weighted by Crippen LogP contribution is -1.96. The monoisotopic (exact) mass is 256 g/mol. The average molecular weight is 256 g/mol. The van der Waals surface area contributed by atoms with E-state index in [1.807, 2.05) is 23.9 Å². The lowest BCUT2D eigenvalue weighted by Gasteiger charge is -2.04. The van der Waals surface area contributed by atoms with E-state index in [2.05, 4.69) is 9.97 Å². The van der Waals surface area contributed by atoms with Crippen molar-refractivity contribution in [2.75, 3.05) is 0 Å². The van der Waals surface area contributed by atoms with Crippen molar-refractivity contribution in [3.63, 3.8) is 0 Å². The molecule has 5 heteroatoms. The van der Waals surface area contributed by atoms with Gasteiger partial charge in [0.25, 0.3) is 0 Å². The molecule has 0 aliphatic carbocycles. The molecule has 19 heavy (non-hydrogen) atoms. The molecule has 2 heterocycles. The molecular formula is C14H13FN4. The van der Waals surface area contributed by atoms with Crippen LogP contribution < -0.4 is 5.73 Å². The second kappa shape index (κ2) is 4.44. The number of nitrogens with two attached hydrogens (primary N) is 1. The minimum Gasteiger partial charge on any atom is -0.335 e. The number of halogens is 1. The molecule has 2 N–H and O–H groups in total. The van der Waals surface area contributed by atoms with Gasteiger partial charge in [-0.2, -0.15) is 0 Å². The molecular weight excluding hydrogens is 243 g/mol. The molecule has 3 rings (SSSR count). The van der Waals surface area contributed by atoms with Crippen molar-refractivity contribution < 1.29 is 4.39 Å². The van der Waals surface area contributed by atoms with Gasteiger partial charge in [0.1, 0.15) is 17.8 Å². The molecule has 0 unspecified atom stereocenters. The molecule has 0 aliphatic heterocycles. The largest absolute Gasteiger partial charge is 0.335 e. The number of fused-ring (bicyclic) bond motifs is 1. The number of aromatic nitrogens is 3. The normalized spacial score (nSPS) is 11.1. The van der Waals surface area contributed by atoms with Crippen molar-refractivity contribution in [3.8, 4) is 11.3 Å². The molecule has 96 valence electrons. The van der Waals surface area contributed by atoms with Crippen LogP contribution in [-0.4, -0.2) is 14.5 Å². The molecule has 0 radical (unpaired) electrons. The molecule has 0 spiro atoms. The quantitative estimate of drug-likeness (QED) is 0.765. The lowest BCUT2D eigenvalue weighted by molar-refractivity contribution is 0.628. The maximum Gasteiger partial charge on any atom is 0.144 e. The van der Waals surface area contributed by atoms with Crippen LogP contribution in [0.4, 0.5) is 4.39 Å². The molecule has 2 aromatic heterocycles. The Morgan fingerprint density at radius 2 is 2.16 bits per heavy atom. The summed E-state index contributed by atoms with van der Waals surface area (Å²) in [6.45, 7) is 0.396. The van der Waals surface area contributed by atoms with Crippen LogP contribution in [0, 0.1) is 5.82 Å². The van der Waals surface area contributed by atoms with Gasteiger partial charge in [0.05, 0.1) is 5.69 Å². The first-order valence-corrected chi connectivity index (χ1v) is 5.95. The van der Waals surface area contributed by atoms with Crippen LogP contribution in [0.3, 0.4) is 0 Å². The van der Waals surface area contributed by atoms with Crippen LogP contribution in [0.15, 0.2) is 36.8 Å². The van der Waals surface area contributed by atoms with Crippen molar-refractivity contribution in [2.24, 2.45) is 12.8 Å². The first-order valence-electron chi connectivity index (χ1n) is 5.95. The van der Waals surface area contributed by atoms with Crippen LogP contribution in [0.5, 0.6) is 0 Å². The van der Waals surface area contributed by atoms with E-state index in [9.17, 15) is 4.39 Å². The molecule has 0 saturated heterocycles. The number of nitrogens with zero attached hydrogens (tertiary/aromatic N) is 3. The Hall–Kier alpha value is -2.27. The van der Waals surface area contributed by atoms with E-state index in [1.54, 1.807) is 6.07 Å². The summed E-state index contributed by atoms with van der Waals surface area (Å²) in [4.78, 5) is 8.55. The van der Waals surface area contributed by atoms with Crippen LogP contribution in [0.1, 0.15) is 5.56 Å². The second-order valence-corrected chi connectivity index (χ2v) is 4.40. The van der Waals surface area contributed by atoms with E-state index >= 15 is 0 Å². The third kappa shape index (κ3) is 1.88. The number of hydrogen-bond acceptors (Lipinski definition) is 3. The molecule has 4 nitrogen and oxygen atoms in total. The summed E-state index contributed by atoms with van der Waals surface area (Å²) in [7, 11) is 1.91. The Bertz CT molecular complexity index is 748. The van der Waals surface area contributed by atoms with Gasteiger partial charge in [-0.15, -0.1) is 0 Å². The van der Waals surface area contributed by atoms with Gasteiger partial charge in [-0.1, -0.05) is 12.1 Å². The smallest absolute Gasteiger partial charge is 0.144 e. The van der Waals surface area contributed by atoms with E-state index < -0.39 is 0 Å². The van der Waals surface area contributed by atoms with Gasteiger partial charge in [0, 0.05) is 30.7 Å². The maximum absolute atomic E-state index is 13.4. The Kier molecular flexibility index (Phi) is 2.76. The highest BCUT2D eigenvalue weighted by molar-refractivity contribution is 5.93. The summed E-state index contributed by atoms with van der Waals surface area (Å²) < 4.78 is 15.3. The van der Waals surface area contributed by atoms with Gasteiger partial charge in [0.15, 0.2) is 0 Å². The highest BCUT2D eigenvalue weighted by Gasteiger charge is 2.14. The lowest BCUT2D eigenvalue weighted by atomic mass is 10.1. The molecule has 0 bridgehead atoms. The Morgan fingerprint density at radius 1 is 1.32 bits per heavy atom. The first-order chi connectivity index (χ1) is 9.20. The molecule has 0 saturated carbocycles. The molecule has 1 aromatic carbocycles. The zero-order valence-electron chi connectivity index (χ0n) is 10.5. The van der Waals surface area contributed by atoms with Gasteiger partial charge < -0.3 is 10.3 Å². The SMILES string of the molecule is Cn1cc(CN)c2c(-c3cccc(F)c3)ncnc21. The molecule has 0 fully saturated rings. The highest BCUT2D eigenvalue weighted by atomic mass is 19.1. The van der Waals surface area contributed by atoms with Gasteiger partial charge in [-0.05, 0) is 17.7 Å². The highest BCUT2D eigenvalue weighted by Crippen LogP contribution is 2.29. The van der Waals surface area contributed by atoms with E-state index in [0.29, 0.717) is 12.2 Å². The van der Waals surface area contributed by atoms with Crippen LogP contribution >= 0.6 is 0 Å². The fourth-order valence-electron chi connectivity index (χ4n) is 2.31. The van der Waals surface area contributed by atoms with Crippen molar-refractivity contribution in [3.05, 3.63) is 48.2 Å². The zero-order valence-corrected chi connectivity index (χ0v) is 10.5. The minimum atomic E-state index is -0.283. The second-order valence-electron chi connectivity index (χ2n) is 4.40. The third-order valence-corrected chi connectivity index (χ3v) is 3.15. The van der Waals surface area contributed by atoms with Crippen LogP contribution in [0.25, 0.3) is 22.3 Å². The maximum atomic E-state index is 13.4. The topological polar surface area (TPSA) is 56.7 Å². The summed E-state index contributed by atoms with van der Waals surface area (Å²) in [6, 6.07) is 6.38. The summed E-state index contributed by atoms with van der Waals surface area (Å²) in [5.74, 6) is -0.283. The van der Waals surface area contributed by atoms with Gasteiger partial charge in [-0.25, -0.2) is 14.4 Å². The minimum absolute atomic E-state index is 0.283. The van der Waals surface area contributed by atoms with Crippen LogP contribution in [-0.2, 0) is 13.6 Å². The van der Waals surface area contributed by atoms with E-state index in [-0.39, 0.29) is 5.82 Å². The van der Waals surface area contributed by atoms with Crippen molar-refractivity contribution in [1.82, 2.24) is 14.5 Å². The Balaban J connectivity index is 2.35. The number of rotatable bonds is 2. The number of hydrogen-bond donors (Lipinski definition) is 1. The number of aryl methyl sites for hydroxylation is 1. The zero-order chi connectivity index (χ0) is 13.4. The third-order valence-electron chi connectivity index (χ3n) is 3.15. The first kappa shape index (κ1) is 11.8. The van der Waals surface area contributed by atoms with Crippen LogP contribution in [0.2, 0.25) is 0 Å². The van der Waals surface area contributed by atoms with E-state index in [1.165, 1.54) is 18.5 Å². The van der Waals surface area contributed by atoms with Gasteiger partial charge in [0.2, 0.25) is 0 Å². The van der Waals surface area contributed by atoms with Gasteiger partial charge in [-0.3, -0.25) is 0 Å². The van der Waals surface area contributed by atoms with Gasteiger partial charge >= 0.3 is 0 Å². The van der Waals surface area contributed by atoms with E-state index in [0.717, 1.165) is 22.2 Å². The Morgan fingerprint density at radius 3 is 2.89 bits per heavy atom. The van der Waals surface area contributed by atoms with Crippen molar-refractivity contribution >= 4 is 11.0 Å². The molecule has 0 amide bonds. The predicted octanol–water partition coefficient (Wildman–Crippen LogP) is 2.23. The summed E-state index contributed by atoms with van der Waals surface area (Å²) in [5, 5.41) is 0.887. The molecule has 0 atom stereocenters. The number of benzene rings is 1. The summed E-state index contributed by atoms with van der Waals surface area (Å²) >= 11 is 0. The van der Waals surface area contributed by atoms with Crippen molar-refractivity contribution in [1.29, 1.82) is 0 Å². The van der Waals surface area contributed by atoms with E-state index in [4.69, 9.17) is 5.73 Å². The molecule has 0 aliphatic rings. The summed E-state index contributed by atoms with van der Waals surface area (Å²) in [6.07, 6.45) is 3.42. The summed E-state index contributed by atoms with van der Waals surface area (Å²) in [5.41, 5.74) is 8.96. The Labute approximate surface area is 109 Å². The predicted molar refractivity (Wildman–Crippen MR) is 71.8 cm³/mol. The standard InChI is InChI=1S/C14H13FN4/c1-19-7-10(6-16)12-13(17-8-18-14(12)19)9-3-2-4-11(15)5-9/h2-5,7-8H,6,16H2,1H3. The average Bonchev–Trinajstić information content (AvgIpc) is 2.76. The molecule has 3 aromatic rings.